The average Bonchev–Trinajstić information content (AvgIpc) is 2.16. The van der Waals surface area contributed by atoms with E-state index in [9.17, 15) is 13.2 Å². The van der Waals surface area contributed by atoms with E-state index in [1.165, 1.54) is 6.92 Å². The summed E-state index contributed by atoms with van der Waals surface area (Å²) in [5.74, 6) is 0. The highest BCUT2D eigenvalue weighted by Crippen LogP contribution is 2.39. The van der Waals surface area contributed by atoms with E-state index in [0.717, 1.165) is 0 Å². The molecule has 1 heterocycles. The van der Waals surface area contributed by atoms with Gasteiger partial charge in [0.25, 0.3) is 0 Å². The van der Waals surface area contributed by atoms with Crippen molar-refractivity contribution in [2.24, 2.45) is 0 Å². The molecule has 6 heteroatoms. The second-order valence-corrected chi connectivity index (χ2v) is 4.14. The second-order valence-electron chi connectivity index (χ2n) is 3.25. The lowest BCUT2D eigenvalue weighted by Gasteiger charge is -2.41. The smallest absolute Gasteiger partial charge is 0.375 e. The van der Waals surface area contributed by atoms with E-state index in [2.05, 4.69) is 0 Å². The molecule has 2 unspecified atom stereocenters. The number of alkyl halides is 4. The minimum absolute atomic E-state index is 0.107. The Kier molecular flexibility index (Phi) is 4.04. The molecule has 2 atom stereocenters. The lowest BCUT2D eigenvalue weighted by molar-refractivity contribution is -0.328. The van der Waals surface area contributed by atoms with Crippen LogP contribution in [0.3, 0.4) is 0 Å². The van der Waals surface area contributed by atoms with E-state index in [-0.39, 0.29) is 19.6 Å². The molecule has 0 bridgehead atoms. The molecular weight excluding hydrogens is 312 g/mol. The van der Waals surface area contributed by atoms with Crippen LogP contribution in [0.25, 0.3) is 0 Å². The van der Waals surface area contributed by atoms with E-state index in [1.807, 2.05) is 22.6 Å². The van der Waals surface area contributed by atoms with Gasteiger partial charge >= 0.3 is 6.18 Å². The summed E-state index contributed by atoms with van der Waals surface area (Å²) in [6.07, 6.45) is -4.92. The Bertz CT molecular complexity index is 198. The molecular formula is C8H12F3IO2. The Labute approximate surface area is 94.3 Å². The van der Waals surface area contributed by atoms with Crippen molar-refractivity contribution in [1.29, 1.82) is 0 Å². The zero-order valence-corrected chi connectivity index (χ0v) is 9.89. The van der Waals surface area contributed by atoms with Gasteiger partial charge < -0.3 is 9.47 Å². The van der Waals surface area contributed by atoms with Gasteiger partial charge in [-0.05, 0) is 6.42 Å². The number of hydrogen-bond acceptors (Lipinski definition) is 2. The van der Waals surface area contributed by atoms with Crippen LogP contribution in [0.5, 0.6) is 0 Å². The molecule has 0 aliphatic carbocycles. The van der Waals surface area contributed by atoms with Gasteiger partial charge in [-0.25, -0.2) is 0 Å². The van der Waals surface area contributed by atoms with E-state index < -0.39 is 17.9 Å². The molecule has 0 aromatic heterocycles. The zero-order valence-electron chi connectivity index (χ0n) is 7.73. The van der Waals surface area contributed by atoms with Gasteiger partial charge in [-0.15, -0.1) is 0 Å². The fourth-order valence-electron chi connectivity index (χ4n) is 1.35. The van der Waals surface area contributed by atoms with Crippen molar-refractivity contribution in [3.63, 3.8) is 0 Å². The lowest BCUT2D eigenvalue weighted by atomic mass is 9.99. The molecule has 0 spiro atoms. The van der Waals surface area contributed by atoms with Crippen LogP contribution in [0.4, 0.5) is 13.2 Å². The number of hydrogen-bond donors (Lipinski definition) is 0. The third-order valence-corrected chi connectivity index (χ3v) is 3.27. The van der Waals surface area contributed by atoms with Crippen LogP contribution in [-0.4, -0.2) is 35.5 Å². The maximum Gasteiger partial charge on any atom is 0.419 e. The van der Waals surface area contributed by atoms with Gasteiger partial charge in [0.1, 0.15) is 0 Å². The number of ether oxygens (including phenoxy) is 2. The van der Waals surface area contributed by atoms with Gasteiger partial charge in [0, 0.05) is 4.43 Å². The third-order valence-electron chi connectivity index (χ3n) is 2.29. The van der Waals surface area contributed by atoms with Crippen LogP contribution in [0.2, 0.25) is 0 Å². The zero-order chi connectivity index (χ0) is 10.8. The Morgan fingerprint density at radius 3 is 2.57 bits per heavy atom. The molecule has 0 N–H and O–H groups in total. The fraction of sp³-hybridized carbons (Fsp3) is 1.00. The molecule has 14 heavy (non-hydrogen) atoms. The highest BCUT2D eigenvalue weighted by molar-refractivity contribution is 14.1. The van der Waals surface area contributed by atoms with Crippen molar-refractivity contribution in [2.45, 2.75) is 31.2 Å². The summed E-state index contributed by atoms with van der Waals surface area (Å²) in [4.78, 5) is 0. The summed E-state index contributed by atoms with van der Waals surface area (Å²) in [6.45, 7) is 1.33. The maximum atomic E-state index is 12.7. The quantitative estimate of drug-likeness (QED) is 0.574. The predicted octanol–water partition coefficient (Wildman–Crippen LogP) is 2.55. The maximum absolute atomic E-state index is 12.7. The summed E-state index contributed by atoms with van der Waals surface area (Å²) in [7, 11) is 0. The summed E-state index contributed by atoms with van der Waals surface area (Å²) >= 11 is 2.00. The van der Waals surface area contributed by atoms with Crippen LogP contribution < -0.4 is 0 Å². The van der Waals surface area contributed by atoms with Crippen LogP contribution in [0.1, 0.15) is 13.3 Å². The summed E-state index contributed by atoms with van der Waals surface area (Å²) in [6, 6.07) is 0. The first-order valence-corrected chi connectivity index (χ1v) is 5.86. The van der Waals surface area contributed by atoms with E-state index in [1.54, 1.807) is 0 Å². The molecule has 2 nitrogen and oxygen atoms in total. The minimum Gasteiger partial charge on any atom is -0.375 e. The van der Waals surface area contributed by atoms with E-state index in [4.69, 9.17) is 9.47 Å². The highest BCUT2D eigenvalue weighted by Gasteiger charge is 2.57. The average molecular weight is 324 g/mol. The topological polar surface area (TPSA) is 18.5 Å². The first-order valence-electron chi connectivity index (χ1n) is 4.33. The van der Waals surface area contributed by atoms with Crippen molar-refractivity contribution in [3.05, 3.63) is 0 Å². The highest BCUT2D eigenvalue weighted by atomic mass is 127. The normalized spacial score (nSPS) is 34.5. The molecule has 0 aromatic rings. The Balaban J connectivity index is 2.78. The summed E-state index contributed by atoms with van der Waals surface area (Å²) in [5, 5.41) is 0. The molecule has 1 aliphatic rings. The molecule has 0 amide bonds. The minimum atomic E-state index is -4.35. The predicted molar refractivity (Wildman–Crippen MR) is 53.7 cm³/mol. The molecule has 0 radical (unpaired) electrons. The van der Waals surface area contributed by atoms with E-state index in [0.29, 0.717) is 4.43 Å². The Morgan fingerprint density at radius 1 is 1.50 bits per heavy atom. The largest absolute Gasteiger partial charge is 0.419 e. The fourth-order valence-corrected chi connectivity index (χ4v) is 1.79. The molecule has 0 saturated carbocycles. The monoisotopic (exact) mass is 324 g/mol. The SMILES string of the molecule is CCC1(C(F)(F)F)COCC(CI)O1. The van der Waals surface area contributed by atoms with Crippen LogP contribution in [-0.2, 0) is 9.47 Å². The lowest BCUT2D eigenvalue weighted by Crippen LogP contribution is -2.57. The standard InChI is InChI=1S/C8H12F3IO2/c1-2-7(8(9,10)11)5-13-4-6(3-12)14-7/h6H,2-5H2,1H3. The Morgan fingerprint density at radius 2 is 2.14 bits per heavy atom. The van der Waals surface area contributed by atoms with E-state index >= 15 is 0 Å². The Hall–Kier alpha value is 0.440. The molecule has 1 aliphatic heterocycles. The van der Waals surface area contributed by atoms with Crippen molar-refractivity contribution >= 4 is 22.6 Å². The van der Waals surface area contributed by atoms with Crippen LogP contribution in [0, 0.1) is 0 Å². The van der Waals surface area contributed by atoms with Crippen molar-refractivity contribution in [1.82, 2.24) is 0 Å². The second kappa shape index (κ2) is 4.52. The molecule has 0 aromatic carbocycles. The summed E-state index contributed by atoms with van der Waals surface area (Å²) in [5.41, 5.74) is -2.10. The molecule has 1 fully saturated rings. The number of halogens is 4. The van der Waals surface area contributed by atoms with Gasteiger partial charge in [-0.1, -0.05) is 29.5 Å². The van der Waals surface area contributed by atoms with Gasteiger partial charge in [-0.3, -0.25) is 0 Å². The molecule has 1 saturated heterocycles. The third kappa shape index (κ3) is 2.33. The first-order chi connectivity index (χ1) is 6.45. The van der Waals surface area contributed by atoms with Crippen molar-refractivity contribution in [2.75, 3.05) is 17.6 Å². The molecule has 1 rings (SSSR count). The summed E-state index contributed by atoms with van der Waals surface area (Å²) < 4.78 is 48.6. The number of rotatable bonds is 2. The van der Waals surface area contributed by atoms with Crippen LogP contribution >= 0.6 is 22.6 Å². The van der Waals surface area contributed by atoms with Crippen LogP contribution in [0.15, 0.2) is 0 Å². The van der Waals surface area contributed by atoms with Crippen molar-refractivity contribution < 1.29 is 22.6 Å². The van der Waals surface area contributed by atoms with Crippen molar-refractivity contribution in [3.8, 4) is 0 Å². The first kappa shape index (κ1) is 12.5. The molecule has 84 valence electrons. The van der Waals surface area contributed by atoms with Gasteiger partial charge in [0.2, 0.25) is 0 Å². The van der Waals surface area contributed by atoms with Gasteiger partial charge in [-0.2, -0.15) is 13.2 Å². The van der Waals surface area contributed by atoms with Gasteiger partial charge in [0.05, 0.1) is 19.3 Å². The van der Waals surface area contributed by atoms with Gasteiger partial charge in [0.15, 0.2) is 5.60 Å².